The maximum Gasteiger partial charge on any atom is 0.407 e. The van der Waals surface area contributed by atoms with Crippen LogP contribution in [0.15, 0.2) is 72.8 Å². The molecule has 6 amide bonds. The van der Waals surface area contributed by atoms with E-state index >= 15 is 0 Å². The molecule has 1 heterocycles. The first-order valence-corrected chi connectivity index (χ1v) is 22.8. The Morgan fingerprint density at radius 3 is 1.89 bits per heavy atom. The van der Waals surface area contributed by atoms with Crippen molar-refractivity contribution in [2.45, 2.75) is 123 Å². The molecule has 1 aliphatic heterocycles. The van der Waals surface area contributed by atoms with Crippen LogP contribution in [0.25, 0.3) is 0 Å². The Balaban J connectivity index is 1.40. The molecule has 5 N–H and O–H groups in total. The molecule has 15 nitrogen and oxygen atoms in total. The number of nitrogens with one attached hydrogen (secondary N) is 5. The molecule has 1 fully saturated rings. The van der Waals surface area contributed by atoms with Gasteiger partial charge in [0.1, 0.15) is 30.0 Å². The predicted octanol–water partition coefficient (Wildman–Crippen LogP) is 8.04. The highest BCUT2D eigenvalue weighted by atomic mass is 19.1. The number of nitrogens with zero attached hydrogens (tertiary/aromatic N) is 2. The van der Waals surface area contributed by atoms with Crippen LogP contribution in [0, 0.1) is 17.7 Å². The van der Waals surface area contributed by atoms with Gasteiger partial charge in [-0.1, -0.05) is 71.7 Å². The summed E-state index contributed by atoms with van der Waals surface area (Å²) in [4.78, 5) is 81.6. The molecule has 0 aromatic heterocycles. The van der Waals surface area contributed by atoms with Gasteiger partial charge in [-0.05, 0) is 117 Å². The van der Waals surface area contributed by atoms with Gasteiger partial charge in [-0.25, -0.2) is 14.0 Å². The van der Waals surface area contributed by atoms with Gasteiger partial charge in [-0.15, -0.1) is 0 Å². The molecule has 3 aromatic carbocycles. The van der Waals surface area contributed by atoms with Crippen molar-refractivity contribution in [1.29, 1.82) is 0 Å². The summed E-state index contributed by atoms with van der Waals surface area (Å²) in [6.07, 6.45) is 3.90. The van der Waals surface area contributed by atoms with E-state index in [9.17, 15) is 33.2 Å². The number of likely N-dealkylation sites (tertiary alicyclic amines) is 1. The minimum Gasteiger partial charge on any atom is -0.453 e. The third kappa shape index (κ3) is 14.7. The lowest BCUT2D eigenvalue weighted by Gasteiger charge is -2.33. The second-order valence-corrected chi connectivity index (χ2v) is 16.8. The van der Waals surface area contributed by atoms with E-state index in [1.807, 2.05) is 83.1 Å². The number of hydrogen-bond donors (Lipinski definition) is 5. The number of benzene rings is 3. The van der Waals surface area contributed by atoms with Crippen LogP contribution in [-0.4, -0.2) is 97.1 Å². The number of carbonyl (C=O) groups excluding carboxylic acids is 6. The second kappa shape index (κ2) is 25.3. The summed E-state index contributed by atoms with van der Waals surface area (Å²) in [5, 5.41) is 14.7. The normalized spacial score (nSPS) is 16.1. The van der Waals surface area contributed by atoms with Gasteiger partial charge in [0, 0.05) is 30.2 Å². The molecule has 354 valence electrons. The van der Waals surface area contributed by atoms with Gasteiger partial charge in [-0.3, -0.25) is 19.2 Å². The van der Waals surface area contributed by atoms with Crippen LogP contribution in [0.1, 0.15) is 104 Å². The van der Waals surface area contributed by atoms with E-state index in [1.165, 1.54) is 31.3 Å². The highest BCUT2D eigenvalue weighted by molar-refractivity contribution is 5.99. The van der Waals surface area contributed by atoms with Crippen molar-refractivity contribution < 1.29 is 42.6 Å². The zero-order valence-corrected chi connectivity index (χ0v) is 39.1. The van der Waals surface area contributed by atoms with Crippen LogP contribution in [0.5, 0.6) is 0 Å². The van der Waals surface area contributed by atoms with E-state index in [1.54, 1.807) is 24.0 Å². The molecule has 0 saturated carbocycles. The first-order valence-electron chi connectivity index (χ1n) is 22.8. The lowest BCUT2D eigenvalue weighted by Crippen LogP contribution is -2.56. The van der Waals surface area contributed by atoms with Crippen molar-refractivity contribution in [3.63, 3.8) is 0 Å². The van der Waals surface area contributed by atoms with Gasteiger partial charge in [0.15, 0.2) is 0 Å². The van der Waals surface area contributed by atoms with Gasteiger partial charge in [0.05, 0.1) is 20.3 Å². The third-order valence-electron chi connectivity index (χ3n) is 12.3. The molecule has 4 rings (SSSR count). The molecular weight excluding hydrogens is 834 g/mol. The van der Waals surface area contributed by atoms with E-state index in [2.05, 4.69) is 26.6 Å². The van der Waals surface area contributed by atoms with E-state index in [-0.39, 0.29) is 47.3 Å². The number of ether oxygens (including phenoxy) is 2. The number of alkyl carbamates (subject to hydrolysis) is 2. The van der Waals surface area contributed by atoms with Crippen LogP contribution >= 0.6 is 0 Å². The number of amides is 6. The van der Waals surface area contributed by atoms with Crippen LogP contribution in [0.4, 0.5) is 31.0 Å². The molecule has 7 unspecified atom stereocenters. The Kier molecular flexibility index (Phi) is 20.1. The fraction of sp³-hybridized carbons (Fsp3) is 0.510. The monoisotopic (exact) mass is 902 g/mol. The van der Waals surface area contributed by atoms with E-state index in [0.717, 1.165) is 29.7 Å². The Labute approximate surface area is 382 Å². The fourth-order valence-corrected chi connectivity index (χ4v) is 7.88. The molecule has 0 radical (unpaired) electrons. The molecule has 0 bridgehead atoms. The quantitative estimate of drug-likeness (QED) is 0.0665. The molecule has 16 heteroatoms. The summed E-state index contributed by atoms with van der Waals surface area (Å²) in [6, 6.07) is 17.9. The maximum absolute atomic E-state index is 13.8. The number of rotatable bonds is 22. The third-order valence-corrected chi connectivity index (χ3v) is 12.3. The topological polar surface area (TPSA) is 188 Å². The van der Waals surface area contributed by atoms with Gasteiger partial charge in [0.25, 0.3) is 0 Å². The Morgan fingerprint density at radius 1 is 0.754 bits per heavy atom. The van der Waals surface area contributed by atoms with E-state index in [4.69, 9.17) is 9.47 Å². The Bertz CT molecular complexity index is 2040. The zero-order chi connectivity index (χ0) is 47.6. The SMILES string of the molecule is CCCN(C(=O)C(NC(=O)OC)C(C)CC)C(C)C(=O)Nc1ccc(C(CCCc2ccc(NC(=O)C3CCCN3C(=O)C(NC(=O)OC)C(C)CC)cc2)Nc2ccc(F)cc2)cc1. The fourth-order valence-electron chi connectivity index (χ4n) is 7.88. The van der Waals surface area contributed by atoms with E-state index < -0.39 is 36.4 Å². The molecule has 1 saturated heterocycles. The summed E-state index contributed by atoms with van der Waals surface area (Å²) in [6.45, 7) is 11.9. The summed E-state index contributed by atoms with van der Waals surface area (Å²) < 4.78 is 23.3. The minimum absolute atomic E-state index is 0.154. The second-order valence-electron chi connectivity index (χ2n) is 16.8. The number of anilines is 3. The molecule has 0 spiro atoms. The number of halogens is 1. The van der Waals surface area contributed by atoms with Crippen LogP contribution in [0.3, 0.4) is 0 Å². The van der Waals surface area contributed by atoms with Crippen LogP contribution < -0.4 is 26.6 Å². The smallest absolute Gasteiger partial charge is 0.407 e. The zero-order valence-electron chi connectivity index (χ0n) is 39.1. The molecule has 0 aliphatic carbocycles. The van der Waals surface area contributed by atoms with E-state index in [0.29, 0.717) is 63.0 Å². The summed E-state index contributed by atoms with van der Waals surface area (Å²) in [7, 11) is 2.49. The van der Waals surface area contributed by atoms with Crippen molar-refractivity contribution in [1.82, 2.24) is 20.4 Å². The molecule has 3 aromatic rings. The molecule has 1 aliphatic rings. The highest BCUT2D eigenvalue weighted by Crippen LogP contribution is 2.28. The summed E-state index contributed by atoms with van der Waals surface area (Å²) in [5.74, 6) is -2.00. The number of aryl methyl sites for hydroxylation is 1. The van der Waals surface area contributed by atoms with Crippen molar-refractivity contribution in [3.05, 3.63) is 89.7 Å². The first kappa shape index (κ1) is 51.4. The van der Waals surface area contributed by atoms with Crippen molar-refractivity contribution in [3.8, 4) is 0 Å². The molecule has 7 atom stereocenters. The minimum atomic E-state index is -0.854. The van der Waals surface area contributed by atoms with Gasteiger partial charge in [-0.2, -0.15) is 0 Å². The maximum atomic E-state index is 13.8. The predicted molar refractivity (Wildman–Crippen MR) is 250 cm³/mol. The van der Waals surface area contributed by atoms with Gasteiger partial charge in [0.2, 0.25) is 23.6 Å². The number of hydrogen-bond acceptors (Lipinski definition) is 9. The Morgan fingerprint density at radius 2 is 1.31 bits per heavy atom. The van der Waals surface area contributed by atoms with Gasteiger partial charge < -0.3 is 45.9 Å². The lowest BCUT2D eigenvalue weighted by molar-refractivity contribution is -0.140. The van der Waals surface area contributed by atoms with Crippen LogP contribution in [-0.2, 0) is 35.1 Å². The largest absolute Gasteiger partial charge is 0.453 e. The summed E-state index contributed by atoms with van der Waals surface area (Å²) >= 11 is 0. The average molecular weight is 902 g/mol. The summed E-state index contributed by atoms with van der Waals surface area (Å²) in [5.41, 5.74) is 3.91. The average Bonchev–Trinajstić information content (AvgIpc) is 3.82. The van der Waals surface area contributed by atoms with Crippen molar-refractivity contribution in [2.75, 3.05) is 43.3 Å². The van der Waals surface area contributed by atoms with Gasteiger partial charge >= 0.3 is 12.2 Å². The van der Waals surface area contributed by atoms with Crippen molar-refractivity contribution in [2.24, 2.45) is 11.8 Å². The van der Waals surface area contributed by atoms with Crippen molar-refractivity contribution >= 4 is 52.9 Å². The number of methoxy groups -OCH3 is 2. The molecule has 65 heavy (non-hydrogen) atoms. The number of carbonyl (C=O) groups is 6. The standard InChI is InChI=1S/C49H68FN7O8/c1-9-29-56(46(60)42(31(4)10-2)54-48(62)64-7)33(6)44(58)52-39-25-19-35(20-26-39)40(51-37-27-21-36(50)22-28-37)15-12-14-34-17-23-38(24-18-34)53-45(59)41-16-13-30-57(41)47(61)43(32(5)11-3)55-49(63)65-8/h17-28,31-33,40-43,51H,9-16,29-30H2,1-8H3,(H,52,58)(H,53,59)(H,54,62)(H,55,63). The molecular formula is C49H68FN7O8. The Hall–Kier alpha value is -6.19. The highest BCUT2D eigenvalue weighted by Gasteiger charge is 2.39. The lowest BCUT2D eigenvalue weighted by atomic mass is 9.97. The van der Waals surface area contributed by atoms with Crippen LogP contribution in [0.2, 0.25) is 0 Å². The first-order chi connectivity index (χ1) is 31.1.